The molecule has 3 aromatic rings. The molecule has 0 amide bonds. The Bertz CT molecular complexity index is 1160. The molecule has 0 spiro atoms. The van der Waals surface area contributed by atoms with E-state index in [2.05, 4.69) is 11.1 Å². The molecule has 1 heterocycles. The van der Waals surface area contributed by atoms with Crippen LogP contribution in [0.3, 0.4) is 0 Å². The first-order valence-electron chi connectivity index (χ1n) is 10.3. The van der Waals surface area contributed by atoms with Crippen LogP contribution in [0, 0.1) is 23.2 Å². The lowest BCUT2D eigenvalue weighted by Gasteiger charge is -2.17. The Kier molecular flexibility index (Phi) is 5.74. The Labute approximate surface area is 179 Å². The minimum absolute atomic E-state index is 0.0377. The molecule has 4 rings (SSSR count). The molecule has 0 saturated heterocycles. The number of rotatable bonds is 7. The van der Waals surface area contributed by atoms with Crippen molar-refractivity contribution in [2.75, 3.05) is 0 Å². The molecule has 0 radical (unpaired) electrons. The van der Waals surface area contributed by atoms with Crippen LogP contribution in [0.4, 0.5) is 0 Å². The van der Waals surface area contributed by atoms with Crippen molar-refractivity contribution in [1.29, 1.82) is 5.26 Å². The molecular weight excluding hydrogens is 394 g/mol. The molecule has 0 bridgehead atoms. The van der Waals surface area contributed by atoms with E-state index in [1.54, 1.807) is 12.1 Å². The zero-order valence-corrected chi connectivity index (χ0v) is 16.9. The number of H-pyrrole nitrogens is 1. The summed E-state index contributed by atoms with van der Waals surface area (Å²) in [6.07, 6.45) is 4.62. The Morgan fingerprint density at radius 3 is 2.65 bits per heavy atom. The third kappa shape index (κ3) is 4.30. The molecule has 31 heavy (non-hydrogen) atoms. The summed E-state index contributed by atoms with van der Waals surface area (Å²) in [4.78, 5) is 27.0. The number of carbonyl (C=O) groups is 2. The molecule has 1 aliphatic carbocycles. The fourth-order valence-electron chi connectivity index (χ4n) is 4.26. The molecule has 158 valence electrons. The van der Waals surface area contributed by atoms with Gasteiger partial charge in [-0.25, -0.2) is 4.79 Å². The normalized spacial score (nSPS) is 19.1. The number of nitrogens with two attached hydrogens (primary N) is 1. The van der Waals surface area contributed by atoms with Crippen molar-refractivity contribution in [2.24, 2.45) is 17.6 Å². The maximum Gasteiger partial charge on any atom is 0.335 e. The van der Waals surface area contributed by atoms with Crippen LogP contribution in [0.5, 0.6) is 11.5 Å². The first-order valence-corrected chi connectivity index (χ1v) is 10.3. The summed E-state index contributed by atoms with van der Waals surface area (Å²) in [6.45, 7) is 0. The van der Waals surface area contributed by atoms with Crippen LogP contribution in [-0.4, -0.2) is 27.9 Å². The molecule has 0 aliphatic heterocycles. The monoisotopic (exact) mass is 417 g/mol. The smallest absolute Gasteiger partial charge is 0.335 e. The first-order chi connectivity index (χ1) is 15.0. The molecule has 1 aliphatic rings. The molecule has 1 saturated carbocycles. The Morgan fingerprint density at radius 1 is 1.19 bits per heavy atom. The third-order valence-electron chi connectivity index (χ3n) is 5.93. The van der Waals surface area contributed by atoms with Gasteiger partial charge in [-0.1, -0.05) is 6.42 Å². The predicted molar refractivity (Wildman–Crippen MR) is 115 cm³/mol. The second kappa shape index (κ2) is 8.62. The fourth-order valence-corrected chi connectivity index (χ4v) is 4.26. The molecule has 7 nitrogen and oxygen atoms in total. The van der Waals surface area contributed by atoms with Crippen LogP contribution in [0.1, 0.15) is 35.2 Å². The van der Waals surface area contributed by atoms with Crippen LogP contribution in [0.15, 0.2) is 48.7 Å². The van der Waals surface area contributed by atoms with Gasteiger partial charge >= 0.3 is 5.97 Å². The standard InChI is InChI=1S/C24H23N3O4/c25-12-15-2-1-3-19(15)23(28)21(26)10-16-13-27-22-9-8-18(11-20(16)22)31-17-6-4-14(5-7-17)24(29)30/h4-9,11,13,15,19,21,27H,1-3,10,26H2,(H,29,30)/t15?,19-,21-/m0/s1. The number of ketones is 1. The lowest BCUT2D eigenvalue weighted by atomic mass is 9.87. The van der Waals surface area contributed by atoms with Gasteiger partial charge in [0.1, 0.15) is 11.5 Å². The van der Waals surface area contributed by atoms with E-state index in [1.807, 2.05) is 24.4 Å². The number of hydrogen-bond donors (Lipinski definition) is 3. The van der Waals surface area contributed by atoms with Gasteiger partial charge in [0.05, 0.1) is 23.6 Å². The number of carbonyl (C=O) groups excluding carboxylic acids is 1. The maximum atomic E-state index is 12.8. The maximum absolute atomic E-state index is 12.8. The van der Waals surface area contributed by atoms with Gasteiger partial charge < -0.3 is 20.6 Å². The van der Waals surface area contributed by atoms with E-state index in [9.17, 15) is 14.9 Å². The summed E-state index contributed by atoms with van der Waals surface area (Å²) in [7, 11) is 0. The number of aromatic amines is 1. The van der Waals surface area contributed by atoms with E-state index in [4.69, 9.17) is 15.6 Å². The number of nitriles is 1. The second-order valence-electron chi connectivity index (χ2n) is 7.94. The van der Waals surface area contributed by atoms with E-state index < -0.39 is 12.0 Å². The van der Waals surface area contributed by atoms with Crippen LogP contribution < -0.4 is 10.5 Å². The van der Waals surface area contributed by atoms with Crippen LogP contribution >= 0.6 is 0 Å². The van der Waals surface area contributed by atoms with Crippen LogP contribution in [0.25, 0.3) is 10.9 Å². The number of nitrogens with one attached hydrogen (secondary N) is 1. The number of fused-ring (bicyclic) bond motifs is 1. The van der Waals surface area contributed by atoms with E-state index in [1.165, 1.54) is 12.1 Å². The summed E-state index contributed by atoms with van der Waals surface area (Å²) in [5.41, 5.74) is 8.25. The fraction of sp³-hybridized carbons (Fsp3) is 0.292. The quantitative estimate of drug-likeness (QED) is 0.532. The number of aromatic carboxylic acids is 1. The molecule has 7 heteroatoms. The van der Waals surface area contributed by atoms with Gasteiger partial charge in [0.15, 0.2) is 5.78 Å². The number of aromatic nitrogens is 1. The van der Waals surface area contributed by atoms with Crippen LogP contribution in [0.2, 0.25) is 0 Å². The number of benzene rings is 2. The molecule has 2 aromatic carbocycles. The van der Waals surface area contributed by atoms with Gasteiger partial charge in [0.25, 0.3) is 0 Å². The van der Waals surface area contributed by atoms with Gasteiger partial charge in [0.2, 0.25) is 0 Å². The lowest BCUT2D eigenvalue weighted by Crippen LogP contribution is -2.38. The van der Waals surface area contributed by atoms with Gasteiger partial charge in [-0.2, -0.15) is 5.26 Å². The highest BCUT2D eigenvalue weighted by Gasteiger charge is 2.35. The van der Waals surface area contributed by atoms with Crippen molar-refractivity contribution in [2.45, 2.75) is 31.7 Å². The SMILES string of the molecule is N#CC1CCC[C@@H]1C(=O)[C@@H](N)Cc1c[nH]c2ccc(Oc3ccc(C(=O)O)cc3)cc12. The summed E-state index contributed by atoms with van der Waals surface area (Å²) in [5.74, 6) is -0.403. The highest BCUT2D eigenvalue weighted by molar-refractivity contribution is 5.89. The predicted octanol–water partition coefficient (Wildman–Crippen LogP) is 4.04. The first kappa shape index (κ1) is 20.6. The van der Waals surface area contributed by atoms with Crippen molar-refractivity contribution in [3.05, 3.63) is 59.8 Å². The molecule has 4 N–H and O–H groups in total. The van der Waals surface area contributed by atoms with Gasteiger partial charge in [-0.3, -0.25) is 4.79 Å². The zero-order valence-electron chi connectivity index (χ0n) is 16.9. The van der Waals surface area contributed by atoms with E-state index in [0.717, 1.165) is 35.7 Å². The van der Waals surface area contributed by atoms with E-state index in [0.29, 0.717) is 17.9 Å². The Morgan fingerprint density at radius 2 is 1.94 bits per heavy atom. The summed E-state index contributed by atoms with van der Waals surface area (Å²) in [5, 5.41) is 19.2. The minimum Gasteiger partial charge on any atom is -0.478 e. The average Bonchev–Trinajstić information content (AvgIpc) is 3.40. The number of hydrogen-bond acceptors (Lipinski definition) is 5. The van der Waals surface area contributed by atoms with Crippen molar-refractivity contribution in [3.63, 3.8) is 0 Å². The van der Waals surface area contributed by atoms with Gasteiger partial charge in [-0.05, 0) is 67.3 Å². The zero-order chi connectivity index (χ0) is 22.0. The number of carboxylic acid groups (broad SMARTS) is 1. The van der Waals surface area contributed by atoms with Gasteiger partial charge in [-0.15, -0.1) is 0 Å². The summed E-state index contributed by atoms with van der Waals surface area (Å²) in [6, 6.07) is 13.3. The van der Waals surface area contributed by atoms with Crippen molar-refractivity contribution >= 4 is 22.7 Å². The minimum atomic E-state index is -0.991. The van der Waals surface area contributed by atoms with Crippen molar-refractivity contribution < 1.29 is 19.4 Å². The summed E-state index contributed by atoms with van der Waals surface area (Å²) >= 11 is 0. The molecule has 1 unspecified atom stereocenters. The summed E-state index contributed by atoms with van der Waals surface area (Å²) < 4.78 is 5.87. The highest BCUT2D eigenvalue weighted by atomic mass is 16.5. The van der Waals surface area contributed by atoms with Crippen LogP contribution in [-0.2, 0) is 11.2 Å². The number of nitrogens with zero attached hydrogens (tertiary/aromatic N) is 1. The number of Topliss-reactive ketones (excluding diaryl/α,β-unsaturated/α-hetero) is 1. The number of carboxylic acids is 1. The average molecular weight is 417 g/mol. The topological polar surface area (TPSA) is 129 Å². The Hall–Kier alpha value is -3.63. The molecule has 3 atom stereocenters. The van der Waals surface area contributed by atoms with E-state index >= 15 is 0 Å². The molecule has 1 fully saturated rings. The Balaban J connectivity index is 1.51. The number of ether oxygens (including phenoxy) is 1. The van der Waals surface area contributed by atoms with Crippen molar-refractivity contribution in [3.8, 4) is 17.6 Å². The highest BCUT2D eigenvalue weighted by Crippen LogP contribution is 2.33. The third-order valence-corrected chi connectivity index (χ3v) is 5.93. The van der Waals surface area contributed by atoms with E-state index in [-0.39, 0.29) is 23.2 Å². The van der Waals surface area contributed by atoms with Crippen molar-refractivity contribution in [1.82, 2.24) is 4.98 Å². The largest absolute Gasteiger partial charge is 0.478 e. The second-order valence-corrected chi connectivity index (χ2v) is 7.94. The molecular formula is C24H23N3O4. The lowest BCUT2D eigenvalue weighted by molar-refractivity contribution is -0.124. The van der Waals surface area contributed by atoms with Gasteiger partial charge in [0, 0.05) is 23.0 Å². The molecule has 1 aromatic heterocycles.